The van der Waals surface area contributed by atoms with Gasteiger partial charge in [-0.3, -0.25) is 14.6 Å². The van der Waals surface area contributed by atoms with E-state index in [2.05, 4.69) is 15.1 Å². The second-order valence-corrected chi connectivity index (χ2v) is 7.54. The molecule has 1 saturated heterocycles. The number of ether oxygens (including phenoxy) is 1. The molecule has 0 saturated carbocycles. The maximum atomic E-state index is 12.4. The van der Waals surface area contributed by atoms with Crippen molar-refractivity contribution < 1.29 is 9.53 Å². The highest BCUT2D eigenvalue weighted by Crippen LogP contribution is 2.26. The number of carbonyl (C=O) groups excluding carboxylic acids is 1. The second kappa shape index (κ2) is 10.1. The lowest BCUT2D eigenvalue weighted by Gasteiger charge is -2.34. The predicted octanol–water partition coefficient (Wildman–Crippen LogP) is 4.15. The minimum absolute atomic E-state index is 0.0326. The van der Waals surface area contributed by atoms with Gasteiger partial charge in [0.05, 0.1) is 18.8 Å². The molecule has 1 amide bonds. The topological polar surface area (TPSA) is 44.8 Å². The molecule has 0 aliphatic carbocycles. The van der Waals surface area contributed by atoms with E-state index in [-0.39, 0.29) is 5.91 Å². The van der Waals surface area contributed by atoms with Gasteiger partial charge in [0.2, 0.25) is 5.91 Å². The number of anilines is 1. The van der Waals surface area contributed by atoms with Crippen molar-refractivity contribution in [1.82, 2.24) is 9.80 Å². The molecule has 1 aliphatic heterocycles. The lowest BCUT2D eigenvalue weighted by Crippen LogP contribution is -2.48. The summed E-state index contributed by atoms with van der Waals surface area (Å²) in [6, 6.07) is 13.1. The summed E-state index contributed by atoms with van der Waals surface area (Å²) in [5.41, 5.74) is 1.67. The van der Waals surface area contributed by atoms with Crippen LogP contribution in [0.3, 0.4) is 0 Å². The van der Waals surface area contributed by atoms with Gasteiger partial charge in [0.25, 0.3) is 0 Å². The molecule has 7 heteroatoms. The summed E-state index contributed by atoms with van der Waals surface area (Å²) < 4.78 is 5.56. The molecule has 0 spiro atoms. The number of hydrogen-bond donors (Lipinski definition) is 1. The molecule has 1 fully saturated rings. The van der Waals surface area contributed by atoms with Crippen LogP contribution in [0.25, 0.3) is 0 Å². The summed E-state index contributed by atoms with van der Waals surface area (Å²) in [5.74, 6) is 0.662. The van der Waals surface area contributed by atoms with E-state index in [1.165, 1.54) is 0 Å². The third-order valence-electron chi connectivity index (χ3n) is 4.74. The van der Waals surface area contributed by atoms with Crippen molar-refractivity contribution in [3.05, 3.63) is 58.1 Å². The van der Waals surface area contributed by atoms with E-state index < -0.39 is 0 Å². The fourth-order valence-electron chi connectivity index (χ4n) is 3.26. The molecule has 2 aromatic rings. The predicted molar refractivity (Wildman–Crippen MR) is 114 cm³/mol. The van der Waals surface area contributed by atoms with Crippen LogP contribution in [-0.2, 0) is 11.3 Å². The maximum Gasteiger partial charge on any atom is 0.238 e. The van der Waals surface area contributed by atoms with Crippen LogP contribution in [-0.4, -0.2) is 55.0 Å². The van der Waals surface area contributed by atoms with Crippen LogP contribution in [0.15, 0.2) is 42.5 Å². The molecule has 2 aromatic carbocycles. The average molecular weight is 422 g/mol. The van der Waals surface area contributed by atoms with Gasteiger partial charge in [0, 0.05) is 48.3 Å². The Morgan fingerprint density at radius 3 is 2.32 bits per heavy atom. The minimum Gasteiger partial charge on any atom is -0.492 e. The number of nitrogens with zero attached hydrogens (tertiary/aromatic N) is 2. The number of amides is 1. The summed E-state index contributed by atoms with van der Waals surface area (Å²) in [7, 11) is 0. The van der Waals surface area contributed by atoms with Crippen molar-refractivity contribution in [1.29, 1.82) is 0 Å². The van der Waals surface area contributed by atoms with Gasteiger partial charge in [-0.05, 0) is 31.2 Å². The van der Waals surface area contributed by atoms with Crippen molar-refractivity contribution in [3.63, 3.8) is 0 Å². The van der Waals surface area contributed by atoms with Crippen molar-refractivity contribution in [2.75, 3.05) is 44.6 Å². The Hall–Kier alpha value is -1.79. The molecular weight excluding hydrogens is 397 g/mol. The van der Waals surface area contributed by atoms with E-state index in [0.717, 1.165) is 38.3 Å². The first kappa shape index (κ1) is 20.9. The maximum absolute atomic E-state index is 12.4. The molecule has 150 valence electrons. The fourth-order valence-corrected chi connectivity index (χ4v) is 3.77. The Kier molecular flexibility index (Phi) is 7.57. The number of rotatable bonds is 7. The zero-order valence-electron chi connectivity index (χ0n) is 16.0. The lowest BCUT2D eigenvalue weighted by molar-refractivity contribution is -0.117. The number of para-hydroxylation sites is 2. The van der Waals surface area contributed by atoms with Crippen molar-refractivity contribution in [2.45, 2.75) is 13.5 Å². The monoisotopic (exact) mass is 421 g/mol. The van der Waals surface area contributed by atoms with E-state index in [1.807, 2.05) is 49.4 Å². The number of halogens is 2. The summed E-state index contributed by atoms with van der Waals surface area (Å²) >= 11 is 12.5. The van der Waals surface area contributed by atoms with Crippen LogP contribution in [0.1, 0.15) is 12.5 Å². The van der Waals surface area contributed by atoms with Gasteiger partial charge in [-0.1, -0.05) is 41.4 Å². The molecule has 1 aliphatic rings. The van der Waals surface area contributed by atoms with E-state index in [9.17, 15) is 4.79 Å². The number of hydrogen-bond acceptors (Lipinski definition) is 4. The molecule has 0 unspecified atom stereocenters. The Morgan fingerprint density at radius 1 is 1.00 bits per heavy atom. The molecule has 5 nitrogen and oxygen atoms in total. The molecule has 1 N–H and O–H groups in total. The lowest BCUT2D eigenvalue weighted by atomic mass is 10.2. The zero-order valence-corrected chi connectivity index (χ0v) is 17.5. The fraction of sp³-hybridized carbons (Fsp3) is 0.381. The van der Waals surface area contributed by atoms with Gasteiger partial charge in [-0.15, -0.1) is 0 Å². The number of nitrogens with one attached hydrogen (secondary N) is 1. The van der Waals surface area contributed by atoms with Crippen LogP contribution < -0.4 is 10.1 Å². The first-order valence-electron chi connectivity index (χ1n) is 9.46. The number of benzene rings is 2. The molecule has 1 heterocycles. The highest BCUT2D eigenvalue weighted by atomic mass is 35.5. The summed E-state index contributed by atoms with van der Waals surface area (Å²) in [4.78, 5) is 16.9. The zero-order chi connectivity index (χ0) is 19.9. The third kappa shape index (κ3) is 5.61. The van der Waals surface area contributed by atoms with Crippen LogP contribution in [0.4, 0.5) is 5.69 Å². The van der Waals surface area contributed by atoms with E-state index in [1.54, 1.807) is 0 Å². The molecule has 28 heavy (non-hydrogen) atoms. The Bertz CT molecular complexity index is 788. The van der Waals surface area contributed by atoms with Gasteiger partial charge >= 0.3 is 0 Å². The third-order valence-corrected chi connectivity index (χ3v) is 5.44. The Balaban J connectivity index is 1.48. The SMILES string of the molecule is CCOc1ccccc1NC(=O)CN1CCN(Cc2c(Cl)cccc2Cl)CC1. The molecule has 0 bridgehead atoms. The van der Waals surface area contributed by atoms with E-state index in [4.69, 9.17) is 27.9 Å². The number of piperazine rings is 1. The molecular formula is C21H25Cl2N3O2. The first-order chi connectivity index (χ1) is 13.6. The Morgan fingerprint density at radius 2 is 1.64 bits per heavy atom. The van der Waals surface area contributed by atoms with Crippen molar-refractivity contribution in [3.8, 4) is 5.75 Å². The highest BCUT2D eigenvalue weighted by Gasteiger charge is 2.21. The van der Waals surface area contributed by atoms with Gasteiger partial charge in [-0.2, -0.15) is 0 Å². The normalized spacial score (nSPS) is 15.4. The van der Waals surface area contributed by atoms with E-state index >= 15 is 0 Å². The highest BCUT2D eigenvalue weighted by molar-refractivity contribution is 6.35. The quantitative estimate of drug-likeness (QED) is 0.728. The molecule has 0 aromatic heterocycles. The minimum atomic E-state index is -0.0326. The molecule has 0 atom stereocenters. The smallest absolute Gasteiger partial charge is 0.238 e. The standard InChI is InChI=1S/C21H25Cl2N3O2/c1-2-28-20-9-4-3-8-19(20)24-21(27)15-26-12-10-25(11-13-26)14-16-17(22)6-5-7-18(16)23/h3-9H,2,10-15H2,1H3,(H,24,27). The van der Waals surface area contributed by atoms with Crippen LogP contribution in [0.5, 0.6) is 5.75 Å². The molecule has 3 rings (SSSR count). The van der Waals surface area contributed by atoms with Crippen molar-refractivity contribution >= 4 is 34.8 Å². The van der Waals surface area contributed by atoms with Gasteiger partial charge in [0.15, 0.2) is 0 Å². The number of carbonyl (C=O) groups is 1. The van der Waals surface area contributed by atoms with Crippen molar-refractivity contribution in [2.24, 2.45) is 0 Å². The Labute approximate surface area is 176 Å². The average Bonchev–Trinajstić information content (AvgIpc) is 2.68. The van der Waals surface area contributed by atoms with E-state index in [0.29, 0.717) is 34.6 Å². The summed E-state index contributed by atoms with van der Waals surface area (Å²) in [5, 5.41) is 4.35. The summed E-state index contributed by atoms with van der Waals surface area (Å²) in [6.07, 6.45) is 0. The van der Waals surface area contributed by atoms with Gasteiger partial charge in [0.1, 0.15) is 5.75 Å². The second-order valence-electron chi connectivity index (χ2n) is 6.73. The first-order valence-corrected chi connectivity index (χ1v) is 10.2. The van der Waals surface area contributed by atoms with Crippen LogP contribution >= 0.6 is 23.2 Å². The van der Waals surface area contributed by atoms with Gasteiger partial charge in [-0.25, -0.2) is 0 Å². The van der Waals surface area contributed by atoms with Gasteiger partial charge < -0.3 is 10.1 Å². The van der Waals surface area contributed by atoms with Crippen LogP contribution in [0.2, 0.25) is 10.0 Å². The van der Waals surface area contributed by atoms with Crippen LogP contribution in [0, 0.1) is 0 Å². The largest absolute Gasteiger partial charge is 0.492 e. The molecule has 0 radical (unpaired) electrons. The summed E-state index contributed by atoms with van der Waals surface area (Å²) in [6.45, 7) is 6.94.